The molecule has 1 heterocycles. The number of carbonyl (C=O) groups is 1. The van der Waals surface area contributed by atoms with Crippen molar-refractivity contribution in [3.63, 3.8) is 0 Å². The summed E-state index contributed by atoms with van der Waals surface area (Å²) in [5, 5.41) is 9.49. The van der Waals surface area contributed by atoms with E-state index in [4.69, 9.17) is 5.11 Å². The van der Waals surface area contributed by atoms with Gasteiger partial charge in [-0.25, -0.2) is 4.98 Å². The third-order valence-electron chi connectivity index (χ3n) is 2.91. The number of rotatable bonds is 9. The summed E-state index contributed by atoms with van der Waals surface area (Å²) in [6.45, 7) is 4.37. The normalized spacial score (nSPS) is 12.6. The zero-order chi connectivity index (χ0) is 13.4. The maximum absolute atomic E-state index is 10.6. The first-order valence-electron chi connectivity index (χ1n) is 6.52. The third-order valence-corrected chi connectivity index (χ3v) is 3.87. The van der Waals surface area contributed by atoms with E-state index >= 15 is 0 Å². The standard InChI is InChI=1S/C13H22N2O2S/c1-3-4-5-6-7-11(2)15-9-8-14-13(15)18-10-12(16)17/h8-9,11H,3-7,10H2,1-2H3,(H,16,17). The number of unbranched alkanes of at least 4 members (excludes halogenated alkanes) is 3. The Kier molecular flexibility index (Phi) is 6.86. The van der Waals surface area contributed by atoms with Crippen molar-refractivity contribution in [3.05, 3.63) is 12.4 Å². The van der Waals surface area contributed by atoms with E-state index in [1.807, 2.05) is 6.20 Å². The van der Waals surface area contributed by atoms with Gasteiger partial charge in [0.15, 0.2) is 5.16 Å². The first kappa shape index (κ1) is 15.1. The zero-order valence-electron chi connectivity index (χ0n) is 11.1. The predicted molar refractivity (Wildman–Crippen MR) is 74.1 cm³/mol. The Morgan fingerprint density at radius 2 is 2.28 bits per heavy atom. The summed E-state index contributed by atoms with van der Waals surface area (Å²) in [6, 6.07) is 0.389. The van der Waals surface area contributed by atoms with Crippen LogP contribution < -0.4 is 0 Å². The van der Waals surface area contributed by atoms with Crippen molar-refractivity contribution in [1.29, 1.82) is 0 Å². The molecule has 102 valence electrons. The highest BCUT2D eigenvalue weighted by Gasteiger charge is 2.11. The van der Waals surface area contributed by atoms with Gasteiger partial charge in [0.05, 0.1) is 5.75 Å². The molecule has 4 nitrogen and oxygen atoms in total. The molecule has 0 fully saturated rings. The van der Waals surface area contributed by atoms with Gasteiger partial charge in [0.25, 0.3) is 0 Å². The molecule has 0 aliphatic heterocycles. The molecule has 1 unspecified atom stereocenters. The molecule has 18 heavy (non-hydrogen) atoms. The van der Waals surface area contributed by atoms with Gasteiger partial charge in [0.1, 0.15) is 0 Å². The lowest BCUT2D eigenvalue weighted by atomic mass is 10.1. The highest BCUT2D eigenvalue weighted by Crippen LogP contribution is 2.23. The van der Waals surface area contributed by atoms with Crippen LogP contribution in [0.15, 0.2) is 17.6 Å². The van der Waals surface area contributed by atoms with Gasteiger partial charge in [-0.2, -0.15) is 0 Å². The fourth-order valence-corrected chi connectivity index (χ4v) is 2.66. The van der Waals surface area contributed by atoms with Gasteiger partial charge >= 0.3 is 5.97 Å². The van der Waals surface area contributed by atoms with Crippen LogP contribution in [-0.4, -0.2) is 26.4 Å². The summed E-state index contributed by atoms with van der Waals surface area (Å²) < 4.78 is 2.08. The Morgan fingerprint density at radius 3 is 2.94 bits per heavy atom. The molecule has 0 aromatic carbocycles. The first-order chi connectivity index (χ1) is 8.65. The largest absolute Gasteiger partial charge is 0.481 e. The minimum atomic E-state index is -0.801. The summed E-state index contributed by atoms with van der Waals surface area (Å²) in [7, 11) is 0. The average Bonchev–Trinajstić information content (AvgIpc) is 2.80. The molecule has 0 aliphatic carbocycles. The van der Waals surface area contributed by atoms with Crippen molar-refractivity contribution >= 4 is 17.7 Å². The molecule has 1 aromatic heterocycles. The third kappa shape index (κ3) is 5.12. The minimum absolute atomic E-state index is 0.0690. The van der Waals surface area contributed by atoms with E-state index in [0.717, 1.165) is 11.6 Å². The monoisotopic (exact) mass is 270 g/mol. The van der Waals surface area contributed by atoms with Crippen LogP contribution in [0, 0.1) is 0 Å². The Labute approximate surface area is 113 Å². The van der Waals surface area contributed by atoms with Gasteiger partial charge in [-0.05, 0) is 13.3 Å². The van der Waals surface area contributed by atoms with Gasteiger partial charge < -0.3 is 9.67 Å². The summed E-state index contributed by atoms with van der Waals surface area (Å²) in [4.78, 5) is 14.8. The molecule has 0 radical (unpaired) electrons. The highest BCUT2D eigenvalue weighted by atomic mass is 32.2. The molecular weight excluding hydrogens is 248 g/mol. The number of thioether (sulfide) groups is 1. The van der Waals surface area contributed by atoms with Crippen molar-refractivity contribution in [2.24, 2.45) is 0 Å². The van der Waals surface area contributed by atoms with E-state index < -0.39 is 5.97 Å². The Bertz CT molecular complexity index is 366. The van der Waals surface area contributed by atoms with E-state index in [1.165, 1.54) is 37.4 Å². The number of carboxylic acid groups (broad SMARTS) is 1. The molecule has 0 saturated carbocycles. The van der Waals surface area contributed by atoms with Gasteiger partial charge in [0.2, 0.25) is 0 Å². The smallest absolute Gasteiger partial charge is 0.313 e. The molecule has 1 rings (SSSR count). The van der Waals surface area contributed by atoms with Crippen LogP contribution in [0.1, 0.15) is 52.0 Å². The maximum atomic E-state index is 10.6. The van der Waals surface area contributed by atoms with Crippen LogP contribution in [0.2, 0.25) is 0 Å². The molecular formula is C13H22N2O2S. The molecule has 0 amide bonds. The average molecular weight is 270 g/mol. The van der Waals surface area contributed by atoms with Crippen molar-refractivity contribution < 1.29 is 9.90 Å². The minimum Gasteiger partial charge on any atom is -0.481 e. The molecule has 5 heteroatoms. The van der Waals surface area contributed by atoms with Crippen LogP contribution in [-0.2, 0) is 4.79 Å². The van der Waals surface area contributed by atoms with E-state index in [-0.39, 0.29) is 5.75 Å². The van der Waals surface area contributed by atoms with Gasteiger partial charge in [-0.15, -0.1) is 0 Å². The molecule has 1 aromatic rings. The van der Waals surface area contributed by atoms with E-state index in [2.05, 4.69) is 23.4 Å². The second kappa shape index (κ2) is 8.19. The van der Waals surface area contributed by atoms with Crippen LogP contribution >= 0.6 is 11.8 Å². The van der Waals surface area contributed by atoms with Crippen molar-refractivity contribution in [2.45, 2.75) is 57.1 Å². The molecule has 0 spiro atoms. The number of hydrogen-bond donors (Lipinski definition) is 1. The van der Waals surface area contributed by atoms with Crippen LogP contribution in [0.4, 0.5) is 0 Å². The van der Waals surface area contributed by atoms with Gasteiger partial charge in [-0.3, -0.25) is 4.79 Å². The van der Waals surface area contributed by atoms with Crippen LogP contribution in [0.5, 0.6) is 0 Å². The number of hydrogen-bond acceptors (Lipinski definition) is 3. The summed E-state index contributed by atoms with van der Waals surface area (Å²) in [5.74, 6) is -0.732. The highest BCUT2D eigenvalue weighted by molar-refractivity contribution is 7.99. The Morgan fingerprint density at radius 1 is 1.50 bits per heavy atom. The van der Waals surface area contributed by atoms with E-state index in [9.17, 15) is 4.79 Å². The topological polar surface area (TPSA) is 55.1 Å². The SMILES string of the molecule is CCCCCCC(C)n1ccnc1SCC(=O)O. The molecule has 1 N–H and O–H groups in total. The number of carboxylic acids is 1. The lowest BCUT2D eigenvalue weighted by molar-refractivity contribution is -0.133. The first-order valence-corrected chi connectivity index (χ1v) is 7.51. The van der Waals surface area contributed by atoms with E-state index in [1.54, 1.807) is 6.20 Å². The number of imidazole rings is 1. The Hall–Kier alpha value is -0.970. The lowest BCUT2D eigenvalue weighted by Crippen LogP contribution is -2.07. The molecule has 0 aliphatic rings. The number of aromatic nitrogens is 2. The quantitative estimate of drug-likeness (QED) is 0.550. The van der Waals surface area contributed by atoms with Crippen molar-refractivity contribution in [1.82, 2.24) is 9.55 Å². The Balaban J connectivity index is 2.44. The van der Waals surface area contributed by atoms with Gasteiger partial charge in [-0.1, -0.05) is 44.4 Å². The summed E-state index contributed by atoms with van der Waals surface area (Å²) >= 11 is 1.29. The molecule has 1 atom stereocenters. The fraction of sp³-hybridized carbons (Fsp3) is 0.692. The predicted octanol–water partition coefficient (Wildman–Crippen LogP) is 3.59. The molecule has 0 saturated heterocycles. The summed E-state index contributed by atoms with van der Waals surface area (Å²) in [5.41, 5.74) is 0. The molecule has 0 bridgehead atoms. The van der Waals surface area contributed by atoms with Crippen LogP contribution in [0.3, 0.4) is 0 Å². The van der Waals surface area contributed by atoms with Crippen molar-refractivity contribution in [2.75, 3.05) is 5.75 Å². The maximum Gasteiger partial charge on any atom is 0.313 e. The van der Waals surface area contributed by atoms with Crippen LogP contribution in [0.25, 0.3) is 0 Å². The fourth-order valence-electron chi connectivity index (χ4n) is 1.88. The van der Waals surface area contributed by atoms with Crippen molar-refractivity contribution in [3.8, 4) is 0 Å². The number of nitrogens with zero attached hydrogens (tertiary/aromatic N) is 2. The second-order valence-electron chi connectivity index (χ2n) is 4.50. The van der Waals surface area contributed by atoms with E-state index in [0.29, 0.717) is 6.04 Å². The lowest BCUT2D eigenvalue weighted by Gasteiger charge is -2.15. The number of aliphatic carboxylic acids is 1. The second-order valence-corrected chi connectivity index (χ2v) is 5.44. The summed E-state index contributed by atoms with van der Waals surface area (Å²) in [6.07, 6.45) is 9.83. The van der Waals surface area contributed by atoms with Gasteiger partial charge in [0, 0.05) is 18.4 Å². The zero-order valence-corrected chi connectivity index (χ0v) is 11.9.